The van der Waals surface area contributed by atoms with Gasteiger partial charge < -0.3 is 0 Å². The highest BCUT2D eigenvalue weighted by Gasteiger charge is 1.58. The molecule has 46 valence electrons. The second kappa shape index (κ2) is 9.47. The summed E-state index contributed by atoms with van der Waals surface area (Å²) in [6.07, 6.45) is 3.28. The van der Waals surface area contributed by atoms with Crippen molar-refractivity contribution in [1.82, 2.24) is 0 Å². The summed E-state index contributed by atoms with van der Waals surface area (Å²) in [5.41, 5.74) is 0. The lowest BCUT2D eigenvalue weighted by molar-refractivity contribution is 0.645. The Hall–Kier alpha value is -0.850. The van der Waals surface area contributed by atoms with Crippen LogP contribution in [0, 0.1) is 0 Å². The van der Waals surface area contributed by atoms with E-state index in [-0.39, 0.29) is 5.83 Å². The first kappa shape index (κ1) is 10.2. The lowest BCUT2D eigenvalue weighted by atomic mass is 10.6. The molecule has 0 aromatic carbocycles. The van der Waals surface area contributed by atoms with Gasteiger partial charge in [0.25, 0.3) is 0 Å². The average Bonchev–Trinajstić information content (AvgIpc) is 1.65. The van der Waals surface area contributed by atoms with Crippen molar-refractivity contribution in [3.63, 3.8) is 0 Å². The van der Waals surface area contributed by atoms with Gasteiger partial charge in [-0.2, -0.15) is 0 Å². The van der Waals surface area contributed by atoms with Gasteiger partial charge in [0.05, 0.1) is 5.83 Å². The van der Waals surface area contributed by atoms with E-state index < -0.39 is 0 Å². The SMILES string of the molecule is C=C(C)F.C=CC=C. The molecule has 0 unspecified atom stereocenters. The topological polar surface area (TPSA) is 0 Å². The first-order valence-electron chi connectivity index (χ1n) is 2.19. The maximum Gasteiger partial charge on any atom is 0.0897 e. The Bertz CT molecular complexity index is 72.4. The fraction of sp³-hybridized carbons (Fsp3) is 0.143. The van der Waals surface area contributed by atoms with Gasteiger partial charge in [0, 0.05) is 0 Å². The summed E-state index contributed by atoms with van der Waals surface area (Å²) in [6.45, 7) is 10.9. The molecular formula is C7H11F. The number of halogens is 1. The van der Waals surface area contributed by atoms with Crippen molar-refractivity contribution in [3.05, 3.63) is 37.7 Å². The minimum atomic E-state index is -0.333. The Balaban J connectivity index is 0. The molecule has 0 N–H and O–H groups in total. The van der Waals surface area contributed by atoms with E-state index in [9.17, 15) is 4.39 Å². The number of allylic oxidation sites excluding steroid dienone is 3. The molecule has 0 radical (unpaired) electrons. The molecule has 0 aromatic rings. The summed E-state index contributed by atoms with van der Waals surface area (Å²) >= 11 is 0. The van der Waals surface area contributed by atoms with Crippen LogP contribution in [0.1, 0.15) is 6.92 Å². The molecule has 0 amide bonds. The van der Waals surface area contributed by atoms with Crippen molar-refractivity contribution < 1.29 is 4.39 Å². The van der Waals surface area contributed by atoms with E-state index in [0.29, 0.717) is 0 Å². The first-order chi connectivity index (χ1) is 3.65. The van der Waals surface area contributed by atoms with Crippen LogP contribution >= 0.6 is 0 Å². The van der Waals surface area contributed by atoms with Crippen LogP contribution in [0.4, 0.5) is 4.39 Å². The van der Waals surface area contributed by atoms with Crippen LogP contribution in [-0.4, -0.2) is 0 Å². The second-order valence-electron chi connectivity index (χ2n) is 1.15. The Morgan fingerprint density at radius 2 is 1.50 bits per heavy atom. The van der Waals surface area contributed by atoms with Gasteiger partial charge in [0.1, 0.15) is 0 Å². The van der Waals surface area contributed by atoms with Crippen molar-refractivity contribution in [2.75, 3.05) is 0 Å². The molecule has 1 heteroatoms. The zero-order chi connectivity index (χ0) is 6.99. The normalized spacial score (nSPS) is 5.75. The predicted octanol–water partition coefficient (Wildman–Crippen LogP) is 2.85. The first-order valence-corrected chi connectivity index (χ1v) is 2.19. The van der Waals surface area contributed by atoms with E-state index in [1.165, 1.54) is 6.92 Å². The third-order valence-corrected chi connectivity index (χ3v) is 0.167. The van der Waals surface area contributed by atoms with Gasteiger partial charge in [-0.05, 0) is 6.92 Å². The van der Waals surface area contributed by atoms with E-state index in [2.05, 4.69) is 19.7 Å². The molecule has 0 saturated carbocycles. The van der Waals surface area contributed by atoms with Crippen LogP contribution in [0.5, 0.6) is 0 Å². The molecule has 0 spiro atoms. The lowest BCUT2D eigenvalue weighted by Gasteiger charge is -1.59. The summed E-state index contributed by atoms with van der Waals surface area (Å²) in [4.78, 5) is 0. The molecule has 0 heterocycles. The molecule has 0 rings (SSSR count). The zero-order valence-electron chi connectivity index (χ0n) is 5.15. The van der Waals surface area contributed by atoms with Gasteiger partial charge in [-0.1, -0.05) is 31.9 Å². The van der Waals surface area contributed by atoms with Crippen LogP contribution in [0.15, 0.2) is 37.7 Å². The summed E-state index contributed by atoms with van der Waals surface area (Å²) in [6, 6.07) is 0. The van der Waals surface area contributed by atoms with Crippen molar-refractivity contribution >= 4 is 0 Å². The highest BCUT2D eigenvalue weighted by Crippen LogP contribution is 1.80. The summed E-state index contributed by atoms with van der Waals surface area (Å²) in [5.74, 6) is -0.333. The minimum absolute atomic E-state index is 0.333. The maximum atomic E-state index is 10.8. The van der Waals surface area contributed by atoms with E-state index in [1.54, 1.807) is 12.2 Å². The van der Waals surface area contributed by atoms with Gasteiger partial charge in [-0.25, -0.2) is 4.39 Å². The van der Waals surface area contributed by atoms with Crippen LogP contribution < -0.4 is 0 Å². The van der Waals surface area contributed by atoms with Crippen LogP contribution in [0.3, 0.4) is 0 Å². The van der Waals surface area contributed by atoms with Crippen molar-refractivity contribution in [2.45, 2.75) is 6.92 Å². The predicted molar refractivity (Wildman–Crippen MR) is 36.3 cm³/mol. The molecule has 0 aliphatic carbocycles. The Morgan fingerprint density at radius 1 is 1.38 bits per heavy atom. The Kier molecular flexibility index (Phi) is 12.1. The van der Waals surface area contributed by atoms with Gasteiger partial charge >= 0.3 is 0 Å². The Labute approximate surface area is 50.0 Å². The smallest absolute Gasteiger partial charge is 0.0897 e. The molecule has 8 heavy (non-hydrogen) atoms. The third-order valence-electron chi connectivity index (χ3n) is 0.167. The van der Waals surface area contributed by atoms with Gasteiger partial charge in [-0.3, -0.25) is 0 Å². The van der Waals surface area contributed by atoms with Gasteiger partial charge in [-0.15, -0.1) is 0 Å². The molecule has 0 aliphatic heterocycles. The number of rotatable bonds is 1. The van der Waals surface area contributed by atoms with Crippen LogP contribution in [-0.2, 0) is 0 Å². The summed E-state index contributed by atoms with van der Waals surface area (Å²) in [7, 11) is 0. The maximum absolute atomic E-state index is 10.8. The number of hydrogen-bond donors (Lipinski definition) is 0. The van der Waals surface area contributed by atoms with E-state index in [0.717, 1.165) is 0 Å². The molecule has 0 nitrogen and oxygen atoms in total. The average molecular weight is 114 g/mol. The molecule has 0 atom stereocenters. The lowest BCUT2D eigenvalue weighted by Crippen LogP contribution is -1.38. The fourth-order valence-corrected chi connectivity index (χ4v) is 0. The van der Waals surface area contributed by atoms with Gasteiger partial charge in [0.15, 0.2) is 0 Å². The highest BCUT2D eigenvalue weighted by atomic mass is 19.1. The molecular weight excluding hydrogens is 103 g/mol. The third kappa shape index (κ3) is 3940. The monoisotopic (exact) mass is 114 g/mol. The van der Waals surface area contributed by atoms with E-state index >= 15 is 0 Å². The highest BCUT2D eigenvalue weighted by molar-refractivity contribution is 4.88. The quantitative estimate of drug-likeness (QED) is 0.460. The summed E-state index contributed by atoms with van der Waals surface area (Å²) in [5, 5.41) is 0. The molecule has 0 bridgehead atoms. The number of hydrogen-bond acceptors (Lipinski definition) is 0. The molecule has 0 aliphatic rings. The zero-order valence-corrected chi connectivity index (χ0v) is 5.15. The van der Waals surface area contributed by atoms with Gasteiger partial charge in [0.2, 0.25) is 0 Å². The van der Waals surface area contributed by atoms with Crippen molar-refractivity contribution in [3.8, 4) is 0 Å². The van der Waals surface area contributed by atoms with Crippen LogP contribution in [0.2, 0.25) is 0 Å². The van der Waals surface area contributed by atoms with Crippen molar-refractivity contribution in [2.24, 2.45) is 0 Å². The second-order valence-corrected chi connectivity index (χ2v) is 1.15. The van der Waals surface area contributed by atoms with E-state index in [4.69, 9.17) is 0 Å². The van der Waals surface area contributed by atoms with Crippen LogP contribution in [0.25, 0.3) is 0 Å². The fourth-order valence-electron chi connectivity index (χ4n) is 0. The molecule has 0 aromatic heterocycles. The van der Waals surface area contributed by atoms with Crippen molar-refractivity contribution in [1.29, 1.82) is 0 Å². The van der Waals surface area contributed by atoms with E-state index in [1.807, 2.05) is 0 Å². The standard InChI is InChI=1S/C4H6.C3H5F/c1-3-4-2;1-3(2)4/h3-4H,1-2H2;1H2,2H3. The Morgan fingerprint density at radius 3 is 1.50 bits per heavy atom. The largest absolute Gasteiger partial charge is 0.213 e. The molecule has 0 saturated heterocycles. The molecule has 0 fully saturated rings. The summed E-state index contributed by atoms with van der Waals surface area (Å²) < 4.78 is 10.8. The minimum Gasteiger partial charge on any atom is -0.213 e.